The van der Waals surface area contributed by atoms with Crippen LogP contribution in [-0.2, 0) is 11.8 Å². The Morgan fingerprint density at radius 1 is 1.29 bits per heavy atom. The van der Waals surface area contributed by atoms with Crippen LogP contribution < -0.4 is 5.32 Å². The number of carbonyl (C=O) groups is 1. The Bertz CT molecular complexity index is 1050. The van der Waals surface area contributed by atoms with E-state index in [1.807, 2.05) is 42.8 Å². The predicted octanol–water partition coefficient (Wildman–Crippen LogP) is 4.08. The molecule has 0 radical (unpaired) electrons. The van der Waals surface area contributed by atoms with Crippen molar-refractivity contribution < 1.29 is 9.72 Å². The average Bonchev–Trinajstić information content (AvgIpc) is 3.02. The van der Waals surface area contributed by atoms with Crippen LogP contribution in [0.25, 0.3) is 11.4 Å². The highest BCUT2D eigenvalue weighted by Crippen LogP contribution is 2.28. The first kappa shape index (κ1) is 19.8. The second kappa shape index (κ2) is 8.41. The number of thioether (sulfide) groups is 1. The van der Waals surface area contributed by atoms with Crippen LogP contribution in [0.3, 0.4) is 0 Å². The standard InChI is InChI=1S/C18H16ClN5O3S/c1-11-5-3-4-6-13(11)17-21-22-18(23(17)2)28-10-16(25)20-15-9-12(24(26)27)7-8-14(15)19/h3-9H,10H2,1-2H3,(H,20,25). The third-order valence-electron chi connectivity index (χ3n) is 3.99. The van der Waals surface area contributed by atoms with Crippen molar-refractivity contribution in [1.82, 2.24) is 14.8 Å². The maximum Gasteiger partial charge on any atom is 0.271 e. The van der Waals surface area contributed by atoms with Crippen molar-refractivity contribution in [2.75, 3.05) is 11.1 Å². The van der Waals surface area contributed by atoms with Gasteiger partial charge in [-0.1, -0.05) is 47.6 Å². The van der Waals surface area contributed by atoms with Gasteiger partial charge in [0.2, 0.25) is 5.91 Å². The molecule has 1 heterocycles. The number of nitro groups is 1. The Kier molecular flexibility index (Phi) is 5.96. The van der Waals surface area contributed by atoms with Gasteiger partial charge in [-0.3, -0.25) is 14.9 Å². The fourth-order valence-electron chi connectivity index (χ4n) is 2.54. The number of carbonyl (C=O) groups excluding carboxylic acids is 1. The Labute approximate surface area is 170 Å². The van der Waals surface area contributed by atoms with E-state index in [9.17, 15) is 14.9 Å². The normalized spacial score (nSPS) is 10.7. The van der Waals surface area contributed by atoms with Gasteiger partial charge in [0, 0.05) is 24.7 Å². The van der Waals surface area contributed by atoms with E-state index in [1.54, 1.807) is 0 Å². The molecule has 0 aliphatic heterocycles. The lowest BCUT2D eigenvalue weighted by molar-refractivity contribution is -0.384. The number of aryl methyl sites for hydroxylation is 1. The number of anilines is 1. The molecule has 10 heteroatoms. The van der Waals surface area contributed by atoms with Crippen LogP contribution in [0, 0.1) is 17.0 Å². The topological polar surface area (TPSA) is 103 Å². The molecule has 0 fully saturated rings. The second-order valence-electron chi connectivity index (χ2n) is 5.94. The van der Waals surface area contributed by atoms with Gasteiger partial charge in [-0.2, -0.15) is 0 Å². The molecule has 3 aromatic rings. The summed E-state index contributed by atoms with van der Waals surface area (Å²) in [4.78, 5) is 22.6. The maximum absolute atomic E-state index is 12.2. The van der Waals surface area contributed by atoms with Gasteiger partial charge in [-0.15, -0.1) is 10.2 Å². The molecular formula is C18H16ClN5O3S. The number of hydrogen-bond acceptors (Lipinski definition) is 6. The highest BCUT2D eigenvalue weighted by atomic mass is 35.5. The van der Waals surface area contributed by atoms with Crippen LogP contribution in [0.1, 0.15) is 5.56 Å². The van der Waals surface area contributed by atoms with Crippen molar-refractivity contribution in [3.63, 3.8) is 0 Å². The Balaban J connectivity index is 1.68. The van der Waals surface area contributed by atoms with Crippen LogP contribution in [-0.4, -0.2) is 31.3 Å². The zero-order valence-corrected chi connectivity index (χ0v) is 16.6. The number of nitrogens with one attached hydrogen (secondary N) is 1. The molecule has 0 saturated heterocycles. The number of aromatic nitrogens is 3. The van der Waals surface area contributed by atoms with E-state index in [1.165, 1.54) is 30.0 Å². The van der Waals surface area contributed by atoms with Crippen LogP contribution in [0.5, 0.6) is 0 Å². The van der Waals surface area contributed by atoms with Gasteiger partial charge in [-0.25, -0.2) is 0 Å². The molecule has 0 atom stereocenters. The zero-order valence-electron chi connectivity index (χ0n) is 15.0. The summed E-state index contributed by atoms with van der Waals surface area (Å²) in [5.41, 5.74) is 2.09. The third kappa shape index (κ3) is 4.32. The molecule has 0 unspecified atom stereocenters. The largest absolute Gasteiger partial charge is 0.324 e. The Morgan fingerprint density at radius 2 is 2.04 bits per heavy atom. The van der Waals surface area contributed by atoms with E-state index in [-0.39, 0.29) is 28.1 Å². The van der Waals surface area contributed by atoms with Crippen LogP contribution in [0.2, 0.25) is 5.02 Å². The number of halogens is 1. The number of non-ortho nitro benzene ring substituents is 1. The number of amides is 1. The molecule has 0 saturated carbocycles. The quantitative estimate of drug-likeness (QED) is 0.368. The minimum Gasteiger partial charge on any atom is -0.324 e. The highest BCUT2D eigenvalue weighted by Gasteiger charge is 2.16. The lowest BCUT2D eigenvalue weighted by atomic mass is 10.1. The first-order valence-electron chi connectivity index (χ1n) is 8.19. The number of nitrogens with zero attached hydrogens (tertiary/aromatic N) is 4. The first-order chi connectivity index (χ1) is 13.4. The molecular weight excluding hydrogens is 402 g/mol. The third-order valence-corrected chi connectivity index (χ3v) is 5.34. The van der Waals surface area contributed by atoms with Crippen molar-refractivity contribution >= 4 is 40.6 Å². The fraction of sp³-hybridized carbons (Fsp3) is 0.167. The van der Waals surface area contributed by atoms with E-state index in [4.69, 9.17) is 11.6 Å². The molecule has 3 rings (SSSR count). The molecule has 144 valence electrons. The van der Waals surface area contributed by atoms with Crippen molar-refractivity contribution in [2.24, 2.45) is 7.05 Å². The molecule has 2 aromatic carbocycles. The predicted molar refractivity (Wildman–Crippen MR) is 109 cm³/mol. The smallest absolute Gasteiger partial charge is 0.271 e. The minimum atomic E-state index is -0.548. The molecule has 1 aromatic heterocycles. The van der Waals surface area contributed by atoms with E-state index < -0.39 is 4.92 Å². The van der Waals surface area contributed by atoms with Gasteiger partial charge in [0.1, 0.15) is 0 Å². The van der Waals surface area contributed by atoms with Crippen LogP contribution in [0.4, 0.5) is 11.4 Å². The summed E-state index contributed by atoms with van der Waals surface area (Å²) < 4.78 is 1.82. The number of hydrogen-bond donors (Lipinski definition) is 1. The van der Waals surface area contributed by atoms with E-state index >= 15 is 0 Å². The highest BCUT2D eigenvalue weighted by molar-refractivity contribution is 7.99. The number of rotatable bonds is 6. The van der Waals surface area contributed by atoms with Crippen LogP contribution in [0.15, 0.2) is 47.6 Å². The molecule has 1 amide bonds. The van der Waals surface area contributed by atoms with Crippen molar-refractivity contribution in [1.29, 1.82) is 0 Å². The van der Waals surface area contributed by atoms with Gasteiger partial charge >= 0.3 is 0 Å². The summed E-state index contributed by atoms with van der Waals surface area (Å²) in [7, 11) is 1.83. The molecule has 0 aliphatic rings. The average molecular weight is 418 g/mol. The lowest BCUT2D eigenvalue weighted by Crippen LogP contribution is -2.15. The molecule has 0 bridgehead atoms. The van der Waals surface area contributed by atoms with E-state index in [0.29, 0.717) is 11.0 Å². The van der Waals surface area contributed by atoms with Crippen molar-refractivity contribution in [3.05, 3.63) is 63.2 Å². The SMILES string of the molecule is Cc1ccccc1-c1nnc(SCC(=O)Nc2cc([N+](=O)[O-])ccc2Cl)n1C. The maximum atomic E-state index is 12.2. The van der Waals surface area contributed by atoms with Crippen molar-refractivity contribution in [2.45, 2.75) is 12.1 Å². The second-order valence-corrected chi connectivity index (χ2v) is 7.29. The summed E-state index contributed by atoms with van der Waals surface area (Å²) in [5.74, 6) is 0.411. The van der Waals surface area contributed by atoms with Gasteiger partial charge in [0.15, 0.2) is 11.0 Å². The van der Waals surface area contributed by atoms with Gasteiger partial charge < -0.3 is 9.88 Å². The van der Waals surface area contributed by atoms with Crippen molar-refractivity contribution in [3.8, 4) is 11.4 Å². The number of benzene rings is 2. The summed E-state index contributed by atoms with van der Waals surface area (Å²) in [6, 6.07) is 11.7. The van der Waals surface area contributed by atoms with E-state index in [0.717, 1.165) is 11.1 Å². The molecule has 0 spiro atoms. The Morgan fingerprint density at radius 3 is 2.75 bits per heavy atom. The molecule has 0 aliphatic carbocycles. The number of nitro benzene ring substituents is 1. The molecule has 8 nitrogen and oxygen atoms in total. The van der Waals surface area contributed by atoms with Gasteiger partial charge in [-0.05, 0) is 18.6 Å². The Hall–Kier alpha value is -2.91. The molecule has 28 heavy (non-hydrogen) atoms. The zero-order chi connectivity index (χ0) is 20.3. The first-order valence-corrected chi connectivity index (χ1v) is 9.55. The fourth-order valence-corrected chi connectivity index (χ4v) is 3.41. The van der Waals surface area contributed by atoms with Crippen LogP contribution >= 0.6 is 23.4 Å². The van der Waals surface area contributed by atoms with Gasteiger partial charge in [0.25, 0.3) is 5.69 Å². The summed E-state index contributed by atoms with van der Waals surface area (Å²) in [6.45, 7) is 1.99. The summed E-state index contributed by atoms with van der Waals surface area (Å²) in [5, 5.41) is 22.6. The summed E-state index contributed by atoms with van der Waals surface area (Å²) >= 11 is 7.22. The van der Waals surface area contributed by atoms with Gasteiger partial charge in [0.05, 0.1) is 21.4 Å². The van der Waals surface area contributed by atoms with E-state index in [2.05, 4.69) is 15.5 Å². The monoisotopic (exact) mass is 417 g/mol. The minimum absolute atomic E-state index is 0.0543. The summed E-state index contributed by atoms with van der Waals surface area (Å²) in [6.07, 6.45) is 0. The lowest BCUT2D eigenvalue weighted by Gasteiger charge is -2.08. The molecule has 1 N–H and O–H groups in total.